The second-order valence-corrected chi connectivity index (χ2v) is 20.5. The maximum absolute atomic E-state index is 14.6. The van der Waals surface area contributed by atoms with Crippen LogP contribution in [0.5, 0.6) is 0 Å². The lowest BCUT2D eigenvalue weighted by molar-refractivity contribution is -0.319. The van der Waals surface area contributed by atoms with Crippen molar-refractivity contribution in [2.45, 2.75) is 212 Å². The molecule has 1 aromatic rings. The molecular formula is C51H84N2O15. The normalized spacial score (nSPS) is 40.5. The molecule has 3 N–H and O–H groups in total. The van der Waals surface area contributed by atoms with E-state index in [0.29, 0.717) is 18.6 Å². The lowest BCUT2D eigenvalue weighted by atomic mass is 9.73. The van der Waals surface area contributed by atoms with Crippen molar-refractivity contribution in [3.63, 3.8) is 0 Å². The summed E-state index contributed by atoms with van der Waals surface area (Å²) >= 11 is 0. The van der Waals surface area contributed by atoms with Gasteiger partial charge in [-0.1, -0.05) is 63.2 Å². The highest BCUT2D eigenvalue weighted by molar-refractivity contribution is 5.88. The Bertz CT molecular complexity index is 1800. The predicted molar refractivity (Wildman–Crippen MR) is 253 cm³/mol. The third-order valence-corrected chi connectivity index (χ3v) is 14.3. The van der Waals surface area contributed by atoms with E-state index in [2.05, 4.69) is 17.3 Å². The van der Waals surface area contributed by atoms with Crippen LogP contribution in [0.25, 0.3) is 0 Å². The number of aliphatic hydroxyl groups is 3. The molecule has 3 heterocycles. The molecule has 0 saturated carbocycles. The average Bonchev–Trinajstić information content (AvgIpc) is 3.26. The fourth-order valence-corrected chi connectivity index (χ4v) is 10.5. The van der Waals surface area contributed by atoms with Gasteiger partial charge in [-0.05, 0) is 99.7 Å². The molecule has 0 spiro atoms. The first-order valence-electron chi connectivity index (χ1n) is 24.5. The number of methoxy groups -OCH3 is 1. The Balaban J connectivity index is 1.85. The summed E-state index contributed by atoms with van der Waals surface area (Å²) in [5.74, 6) is -5.27. The number of aryl methyl sites for hydroxylation is 1. The minimum Gasteiger partial charge on any atom is -0.459 e. The van der Waals surface area contributed by atoms with Crippen LogP contribution in [0.2, 0.25) is 0 Å². The minimum atomic E-state index is -1.97. The van der Waals surface area contributed by atoms with Gasteiger partial charge in [-0.3, -0.25) is 14.4 Å². The molecule has 17 heteroatoms. The van der Waals surface area contributed by atoms with Crippen LogP contribution >= 0.6 is 0 Å². The molecule has 0 radical (unpaired) electrons. The predicted octanol–water partition coefficient (Wildman–Crippen LogP) is 5.75. The maximum atomic E-state index is 14.6. The number of ether oxygens (including phenoxy) is 8. The van der Waals surface area contributed by atoms with Crippen molar-refractivity contribution in [1.29, 1.82) is 0 Å². The Morgan fingerprint density at radius 1 is 0.868 bits per heavy atom. The van der Waals surface area contributed by atoms with E-state index in [1.807, 2.05) is 51.0 Å². The van der Waals surface area contributed by atoms with Gasteiger partial charge in [-0.25, -0.2) is 0 Å². The van der Waals surface area contributed by atoms with Gasteiger partial charge in [0.15, 0.2) is 24.8 Å². The Hall–Kier alpha value is -3.26. The van der Waals surface area contributed by atoms with Crippen molar-refractivity contribution in [2.75, 3.05) is 27.8 Å². The van der Waals surface area contributed by atoms with Gasteiger partial charge in [-0.15, -0.1) is 0 Å². The highest BCUT2D eigenvalue weighted by atomic mass is 16.7. The van der Waals surface area contributed by atoms with Crippen LogP contribution in [0.15, 0.2) is 35.5 Å². The second kappa shape index (κ2) is 24.7. The fraction of sp³-hybridized carbons (Fsp3) is 0.804. The molecule has 388 valence electrons. The molecular weight excluding hydrogens is 881 g/mol. The molecule has 68 heavy (non-hydrogen) atoms. The highest BCUT2D eigenvalue weighted by Crippen LogP contribution is 2.42. The average molecular weight is 965 g/mol. The first-order valence-corrected chi connectivity index (χ1v) is 24.5. The molecule has 3 saturated heterocycles. The summed E-state index contributed by atoms with van der Waals surface area (Å²) in [5, 5.41) is 42.0. The van der Waals surface area contributed by atoms with Crippen molar-refractivity contribution < 1.29 is 72.4 Å². The van der Waals surface area contributed by atoms with E-state index in [1.54, 1.807) is 48.5 Å². The van der Waals surface area contributed by atoms with Crippen molar-refractivity contribution >= 4 is 23.6 Å². The van der Waals surface area contributed by atoms with Crippen molar-refractivity contribution in [3.8, 4) is 0 Å². The van der Waals surface area contributed by atoms with E-state index in [9.17, 15) is 29.7 Å². The molecule has 4 rings (SSSR count). The summed E-state index contributed by atoms with van der Waals surface area (Å²) in [7, 11) is 5.26. The molecule has 3 aliphatic heterocycles. The van der Waals surface area contributed by atoms with Gasteiger partial charge in [0.2, 0.25) is 0 Å². The van der Waals surface area contributed by atoms with Gasteiger partial charge in [0.05, 0.1) is 53.8 Å². The Labute approximate surface area is 404 Å². The summed E-state index contributed by atoms with van der Waals surface area (Å²) in [5.41, 5.74) is -3.28. The lowest BCUT2D eigenvalue weighted by Crippen LogP contribution is -2.62. The number of carbonyl (C=O) groups excluding carboxylic acids is 3. The Kier molecular flexibility index (Phi) is 20.8. The van der Waals surface area contributed by atoms with E-state index in [0.717, 1.165) is 12.8 Å². The Morgan fingerprint density at radius 3 is 2.10 bits per heavy atom. The smallest absolute Gasteiger partial charge is 0.311 e. The monoisotopic (exact) mass is 965 g/mol. The first kappa shape index (κ1) is 57.3. The third-order valence-electron chi connectivity index (χ3n) is 14.3. The van der Waals surface area contributed by atoms with Gasteiger partial charge < -0.3 is 63.0 Å². The number of benzene rings is 1. The zero-order valence-corrected chi connectivity index (χ0v) is 43.3. The number of nitrogens with zero attached hydrogens (tertiary/aromatic N) is 2. The number of cyclic esters (lactones) is 1. The molecule has 3 fully saturated rings. The molecule has 0 bridgehead atoms. The number of aliphatic hydroxyl groups excluding tert-OH is 1. The SMILES string of the molecule is CC[C@H]1OC(=O)[C@H](C)[C@@H](O[C@H]2C[C@@](C)(OC)[C@@H](OC(C)=O)[C@H](C)O2)[C@H](C)[C@@H](O[C@@H]2O[C@H](C)C[C@H](N(C)C)[C@H]2OC(C)=O)[C@@](C)(O)C[C@@H](C)/C(=N/OCCCCc2ccccc2)[C@H](C)[C@@H](O)[C@]1(C)O. The van der Waals surface area contributed by atoms with Gasteiger partial charge >= 0.3 is 17.9 Å². The number of esters is 3. The van der Waals surface area contributed by atoms with E-state index < -0.39 is 114 Å². The van der Waals surface area contributed by atoms with Crippen LogP contribution in [0, 0.1) is 23.7 Å². The standard InChI is InChI=1S/C51H84N2O15/c1-16-39-51(12,59)44(56)31(4)41(52-61-25-21-20-24-37-22-18-17-19-23-37)29(2)27-49(10,58)45(68-48-43(64-35(8)54)38(53(13)14)26-30(3)62-48)32(5)42(33(6)47(57)66-39)67-40-28-50(11,60-15)46(34(7)63-40)65-36(9)55/h17-19,22-23,29-34,38-40,42-46,48,56,58-59H,16,20-21,24-28H2,1-15H3/b52-41-/t29-,30-,31+,32+,33-,34+,38+,39-,40+,42+,43-,44-,45-,46+,48+,49+,50-,51-/m1/s1. The summed E-state index contributed by atoms with van der Waals surface area (Å²) in [6, 6.07) is 9.81. The van der Waals surface area contributed by atoms with Crippen LogP contribution in [-0.2, 0) is 63.5 Å². The van der Waals surface area contributed by atoms with Crippen LogP contribution < -0.4 is 0 Å². The lowest BCUT2D eigenvalue weighted by Gasteiger charge is -2.49. The summed E-state index contributed by atoms with van der Waals surface area (Å²) in [4.78, 5) is 47.4. The number of rotatable bonds is 15. The van der Waals surface area contributed by atoms with E-state index >= 15 is 0 Å². The van der Waals surface area contributed by atoms with E-state index in [-0.39, 0.29) is 38.0 Å². The first-order chi connectivity index (χ1) is 31.8. The zero-order valence-electron chi connectivity index (χ0n) is 43.3. The van der Waals surface area contributed by atoms with Crippen LogP contribution in [0.1, 0.15) is 127 Å². The number of oxime groups is 1. The van der Waals surface area contributed by atoms with Crippen molar-refractivity contribution in [3.05, 3.63) is 35.9 Å². The van der Waals surface area contributed by atoms with Crippen LogP contribution in [0.3, 0.4) is 0 Å². The number of likely N-dealkylation sites (N-methyl/N-ethyl adjacent to an activating group) is 1. The van der Waals surface area contributed by atoms with Crippen molar-refractivity contribution in [1.82, 2.24) is 4.90 Å². The quantitative estimate of drug-likeness (QED) is 0.0827. The molecule has 3 aliphatic rings. The second-order valence-electron chi connectivity index (χ2n) is 20.5. The van der Waals surface area contributed by atoms with Gasteiger partial charge in [0, 0.05) is 45.1 Å². The van der Waals surface area contributed by atoms with Gasteiger partial charge in [0.25, 0.3) is 0 Å². The van der Waals surface area contributed by atoms with Crippen molar-refractivity contribution in [2.24, 2.45) is 28.8 Å². The number of hydrogen-bond donors (Lipinski definition) is 3. The summed E-state index contributed by atoms with van der Waals surface area (Å²) in [6.45, 7) is 20.1. The highest BCUT2D eigenvalue weighted by Gasteiger charge is 2.54. The molecule has 1 aromatic carbocycles. The van der Waals surface area contributed by atoms with Crippen LogP contribution in [0.4, 0.5) is 0 Å². The number of hydrogen-bond acceptors (Lipinski definition) is 17. The zero-order chi connectivity index (χ0) is 50.9. The van der Waals surface area contributed by atoms with Gasteiger partial charge in [0.1, 0.15) is 23.9 Å². The van der Waals surface area contributed by atoms with E-state index in [1.165, 1.54) is 33.4 Å². The Morgan fingerprint density at radius 2 is 1.51 bits per heavy atom. The molecule has 0 unspecified atom stereocenters. The molecule has 0 aliphatic carbocycles. The van der Waals surface area contributed by atoms with E-state index in [4.69, 9.17) is 42.7 Å². The maximum Gasteiger partial charge on any atom is 0.311 e. The molecule has 17 nitrogen and oxygen atoms in total. The molecule has 0 aromatic heterocycles. The summed E-state index contributed by atoms with van der Waals surface area (Å²) < 4.78 is 50.5. The van der Waals surface area contributed by atoms with Gasteiger partial charge in [-0.2, -0.15) is 0 Å². The van der Waals surface area contributed by atoms with Crippen LogP contribution in [-0.4, -0.2) is 156 Å². The largest absolute Gasteiger partial charge is 0.459 e. The molecule has 18 atom stereocenters. The summed E-state index contributed by atoms with van der Waals surface area (Å²) in [6.07, 6.45) is -6.96. The molecule has 0 amide bonds. The fourth-order valence-electron chi connectivity index (χ4n) is 10.5. The topological polar surface area (TPSA) is 211 Å². The number of carbonyl (C=O) groups is 3. The number of unbranched alkanes of at least 4 members (excludes halogenated alkanes) is 1. The third kappa shape index (κ3) is 14.4. The minimum absolute atomic E-state index is 0.0272.